The van der Waals surface area contributed by atoms with Gasteiger partial charge in [0.05, 0.1) is 27.9 Å². The summed E-state index contributed by atoms with van der Waals surface area (Å²) in [7, 11) is 1.56. The topological polar surface area (TPSA) is 108 Å². The Balaban J connectivity index is 1.75. The van der Waals surface area contributed by atoms with Gasteiger partial charge >= 0.3 is 5.97 Å². The SMILES string of the molecule is CCOC(=O)c1ccc(NC(=O)C2CC(=O)N(C)C(=Nc3cc(Cl)c(O)c(Cl)c3)S2)cc1. The highest BCUT2D eigenvalue weighted by atomic mass is 35.5. The van der Waals surface area contributed by atoms with Gasteiger partial charge in [0.2, 0.25) is 11.8 Å². The Bertz CT molecular complexity index is 1070. The number of aromatic hydroxyl groups is 1. The molecule has 0 aliphatic carbocycles. The lowest BCUT2D eigenvalue weighted by molar-refractivity contribution is -0.128. The number of nitrogens with zero attached hydrogens (tertiary/aromatic N) is 2. The molecule has 32 heavy (non-hydrogen) atoms. The highest BCUT2D eigenvalue weighted by Crippen LogP contribution is 2.37. The molecule has 0 saturated carbocycles. The Morgan fingerprint density at radius 1 is 1.25 bits per heavy atom. The zero-order valence-electron chi connectivity index (χ0n) is 17.1. The number of carbonyl (C=O) groups is 3. The minimum atomic E-state index is -0.717. The van der Waals surface area contributed by atoms with Crippen LogP contribution in [0.25, 0.3) is 0 Å². The van der Waals surface area contributed by atoms with Gasteiger partial charge in [-0.3, -0.25) is 14.5 Å². The highest BCUT2D eigenvalue weighted by molar-refractivity contribution is 8.15. The summed E-state index contributed by atoms with van der Waals surface area (Å²) >= 11 is 13.0. The van der Waals surface area contributed by atoms with Gasteiger partial charge in [-0.2, -0.15) is 0 Å². The quantitative estimate of drug-likeness (QED) is 0.592. The Hall–Kier alpha value is -2.75. The number of hydrogen-bond acceptors (Lipinski definition) is 7. The first-order chi connectivity index (χ1) is 15.2. The minimum absolute atomic E-state index is 0.00990. The molecule has 1 saturated heterocycles. The first-order valence-corrected chi connectivity index (χ1v) is 11.1. The second-order valence-electron chi connectivity index (χ2n) is 6.70. The van der Waals surface area contributed by atoms with Crippen molar-refractivity contribution in [2.24, 2.45) is 4.99 Å². The van der Waals surface area contributed by atoms with E-state index in [1.54, 1.807) is 38.2 Å². The largest absolute Gasteiger partial charge is 0.505 e. The van der Waals surface area contributed by atoms with Crippen molar-refractivity contribution in [3.05, 3.63) is 52.0 Å². The van der Waals surface area contributed by atoms with E-state index in [2.05, 4.69) is 10.3 Å². The number of hydrogen-bond donors (Lipinski definition) is 2. The van der Waals surface area contributed by atoms with E-state index in [1.807, 2.05) is 0 Å². The second-order valence-corrected chi connectivity index (χ2v) is 8.69. The number of amidine groups is 1. The van der Waals surface area contributed by atoms with Crippen LogP contribution in [0.15, 0.2) is 41.4 Å². The normalized spacial score (nSPS) is 17.4. The molecule has 1 atom stereocenters. The molecule has 1 fully saturated rings. The van der Waals surface area contributed by atoms with Crippen LogP contribution < -0.4 is 5.32 Å². The van der Waals surface area contributed by atoms with E-state index in [0.29, 0.717) is 16.9 Å². The Kier molecular flexibility index (Phi) is 7.65. The molecule has 168 valence electrons. The smallest absolute Gasteiger partial charge is 0.338 e. The lowest BCUT2D eigenvalue weighted by Crippen LogP contribution is -2.43. The molecule has 11 heteroatoms. The molecule has 3 rings (SSSR count). The van der Waals surface area contributed by atoms with Gasteiger partial charge in [-0.05, 0) is 43.3 Å². The highest BCUT2D eigenvalue weighted by Gasteiger charge is 2.34. The first-order valence-electron chi connectivity index (χ1n) is 9.47. The van der Waals surface area contributed by atoms with Crippen LogP contribution in [0.5, 0.6) is 5.75 Å². The number of carbonyl (C=O) groups excluding carboxylic acids is 3. The average molecular weight is 496 g/mol. The van der Waals surface area contributed by atoms with E-state index in [0.717, 1.165) is 11.8 Å². The monoisotopic (exact) mass is 495 g/mol. The van der Waals surface area contributed by atoms with Crippen LogP contribution in [-0.4, -0.2) is 51.9 Å². The van der Waals surface area contributed by atoms with Gasteiger partial charge < -0.3 is 15.2 Å². The van der Waals surface area contributed by atoms with Gasteiger partial charge in [0.25, 0.3) is 0 Å². The molecule has 0 aromatic heterocycles. The number of anilines is 1. The van der Waals surface area contributed by atoms with Gasteiger partial charge in [-0.25, -0.2) is 9.79 Å². The van der Waals surface area contributed by atoms with E-state index >= 15 is 0 Å². The van der Waals surface area contributed by atoms with Gasteiger partial charge in [0.15, 0.2) is 10.9 Å². The average Bonchev–Trinajstić information content (AvgIpc) is 2.75. The summed E-state index contributed by atoms with van der Waals surface area (Å²) in [5, 5.41) is 12.1. The fraction of sp³-hybridized carbons (Fsp3) is 0.238. The molecule has 2 aromatic rings. The Morgan fingerprint density at radius 2 is 1.88 bits per heavy atom. The molecule has 0 bridgehead atoms. The summed E-state index contributed by atoms with van der Waals surface area (Å²) in [6, 6.07) is 9.08. The number of phenolic OH excluding ortho intramolecular Hbond substituents is 1. The predicted molar refractivity (Wildman–Crippen MR) is 125 cm³/mol. The molecule has 0 radical (unpaired) electrons. The minimum Gasteiger partial charge on any atom is -0.505 e. The third-order valence-corrected chi connectivity index (χ3v) is 6.27. The molecule has 1 aliphatic rings. The van der Waals surface area contributed by atoms with Crippen molar-refractivity contribution in [1.29, 1.82) is 0 Å². The lowest BCUT2D eigenvalue weighted by Gasteiger charge is -2.28. The molecule has 1 aliphatic heterocycles. The molecule has 0 spiro atoms. The standard InChI is InChI=1S/C21H19Cl2N3O5S/c1-3-31-20(30)11-4-6-12(7-5-11)24-19(29)16-10-17(27)26(2)21(32-16)25-13-8-14(22)18(28)15(23)9-13/h4-9,16,28H,3,10H2,1-2H3,(H,24,29). The molecule has 2 N–H and O–H groups in total. The third kappa shape index (κ3) is 5.53. The number of nitrogens with one attached hydrogen (secondary N) is 1. The number of aliphatic imine (C=N–C) groups is 1. The van der Waals surface area contributed by atoms with Crippen molar-refractivity contribution < 1.29 is 24.2 Å². The maximum Gasteiger partial charge on any atom is 0.338 e. The van der Waals surface area contributed by atoms with E-state index < -0.39 is 11.2 Å². The number of amides is 2. The first kappa shape index (κ1) is 23.9. The molecule has 8 nitrogen and oxygen atoms in total. The van der Waals surface area contributed by atoms with Gasteiger partial charge in [0.1, 0.15) is 5.25 Å². The van der Waals surface area contributed by atoms with Crippen molar-refractivity contribution in [3.63, 3.8) is 0 Å². The van der Waals surface area contributed by atoms with E-state index in [1.165, 1.54) is 17.0 Å². The summed E-state index contributed by atoms with van der Waals surface area (Å²) in [6.45, 7) is 1.99. The zero-order valence-corrected chi connectivity index (χ0v) is 19.4. The van der Waals surface area contributed by atoms with E-state index in [9.17, 15) is 19.5 Å². The van der Waals surface area contributed by atoms with Crippen LogP contribution in [-0.2, 0) is 14.3 Å². The molecular formula is C21H19Cl2N3O5S. The zero-order chi connectivity index (χ0) is 23.4. The Morgan fingerprint density at radius 3 is 2.47 bits per heavy atom. The Labute approximate surface area is 198 Å². The summed E-state index contributed by atoms with van der Waals surface area (Å²) in [4.78, 5) is 42.7. The van der Waals surface area contributed by atoms with Crippen molar-refractivity contribution in [1.82, 2.24) is 4.90 Å². The molecule has 2 aromatic carbocycles. The molecule has 1 unspecified atom stereocenters. The maximum atomic E-state index is 12.8. The van der Waals surface area contributed by atoms with Crippen LogP contribution in [0.3, 0.4) is 0 Å². The van der Waals surface area contributed by atoms with Gasteiger partial charge in [-0.15, -0.1) is 0 Å². The fourth-order valence-electron chi connectivity index (χ4n) is 2.75. The van der Waals surface area contributed by atoms with E-state index in [4.69, 9.17) is 27.9 Å². The van der Waals surface area contributed by atoms with Crippen molar-refractivity contribution >= 4 is 69.3 Å². The molecular weight excluding hydrogens is 477 g/mol. The summed E-state index contributed by atoms with van der Waals surface area (Å²) < 4.78 is 4.93. The second kappa shape index (κ2) is 10.2. The fourth-order valence-corrected chi connectivity index (χ4v) is 4.29. The molecule has 2 amide bonds. The number of halogens is 2. The van der Waals surface area contributed by atoms with Crippen LogP contribution in [0, 0.1) is 0 Å². The number of phenols is 1. The van der Waals surface area contributed by atoms with Gasteiger partial charge in [0, 0.05) is 19.2 Å². The third-order valence-electron chi connectivity index (χ3n) is 4.45. The van der Waals surface area contributed by atoms with Crippen molar-refractivity contribution in [2.45, 2.75) is 18.6 Å². The molecule has 1 heterocycles. The number of thioether (sulfide) groups is 1. The van der Waals surface area contributed by atoms with Crippen molar-refractivity contribution in [2.75, 3.05) is 19.0 Å². The number of benzene rings is 2. The van der Waals surface area contributed by atoms with Crippen LogP contribution in [0.2, 0.25) is 10.0 Å². The summed E-state index contributed by atoms with van der Waals surface area (Å²) in [5.74, 6) is -1.37. The summed E-state index contributed by atoms with van der Waals surface area (Å²) in [5.41, 5.74) is 1.18. The number of esters is 1. The number of rotatable bonds is 5. The van der Waals surface area contributed by atoms with Crippen molar-refractivity contribution in [3.8, 4) is 5.75 Å². The number of ether oxygens (including phenoxy) is 1. The maximum absolute atomic E-state index is 12.8. The van der Waals surface area contributed by atoms with E-state index in [-0.39, 0.29) is 45.8 Å². The van der Waals surface area contributed by atoms with Gasteiger partial charge in [-0.1, -0.05) is 35.0 Å². The van der Waals surface area contributed by atoms with Crippen LogP contribution in [0.4, 0.5) is 11.4 Å². The lowest BCUT2D eigenvalue weighted by atomic mass is 10.2. The predicted octanol–water partition coefficient (Wildman–Crippen LogP) is 4.47. The summed E-state index contributed by atoms with van der Waals surface area (Å²) in [6.07, 6.45) is -0.00990. The van der Waals surface area contributed by atoms with Crippen LogP contribution >= 0.6 is 35.0 Å². The van der Waals surface area contributed by atoms with Crippen LogP contribution in [0.1, 0.15) is 23.7 Å².